The van der Waals surface area contributed by atoms with Gasteiger partial charge in [0, 0.05) is 38.9 Å². The molecule has 4 nitrogen and oxygen atoms in total. The third kappa shape index (κ3) is 3.28. The lowest BCUT2D eigenvalue weighted by Crippen LogP contribution is -2.48. The molecule has 0 bridgehead atoms. The standard InChI is InChI=1S/C34H23ClFNO3/c1-19-6-8-21(9-7-19)31(38)30-29(20-10-13-23(35)14-11-20)34(32(39)25-4-2-3-5-26(25)33(34)40)28-17-12-22-18-24(36)15-16-27(22)37(28)30/h2-18,28-30H,1H3. The van der Waals surface area contributed by atoms with E-state index in [1.54, 1.807) is 78.9 Å². The Morgan fingerprint density at radius 2 is 1.52 bits per heavy atom. The number of hydrogen-bond acceptors (Lipinski definition) is 4. The average molecular weight is 548 g/mol. The molecule has 6 heteroatoms. The first-order valence-electron chi connectivity index (χ1n) is 13.1. The third-order valence-electron chi connectivity index (χ3n) is 8.60. The van der Waals surface area contributed by atoms with Crippen LogP contribution in [0.25, 0.3) is 6.08 Å². The summed E-state index contributed by atoms with van der Waals surface area (Å²) in [5.74, 6) is -2.08. The Morgan fingerprint density at radius 1 is 0.875 bits per heavy atom. The average Bonchev–Trinajstić information content (AvgIpc) is 3.39. The van der Waals surface area contributed by atoms with E-state index in [0.717, 1.165) is 5.56 Å². The van der Waals surface area contributed by atoms with Gasteiger partial charge in [-0.2, -0.15) is 0 Å². The maximum absolute atomic E-state index is 14.6. The number of Topliss-reactive ketones (excluding diaryl/α,β-unsaturated/α-hetero) is 3. The zero-order valence-corrected chi connectivity index (χ0v) is 22.2. The lowest BCUT2D eigenvalue weighted by Gasteiger charge is -2.37. The van der Waals surface area contributed by atoms with Crippen molar-refractivity contribution in [3.8, 4) is 0 Å². The fraction of sp³-hybridized carbons (Fsp3) is 0.147. The molecule has 4 aromatic rings. The van der Waals surface area contributed by atoms with Gasteiger partial charge in [-0.3, -0.25) is 14.4 Å². The Morgan fingerprint density at radius 3 is 2.17 bits per heavy atom. The van der Waals surface area contributed by atoms with Crippen LogP contribution < -0.4 is 4.90 Å². The number of carbonyl (C=O) groups is 3. The van der Waals surface area contributed by atoms with E-state index >= 15 is 0 Å². The van der Waals surface area contributed by atoms with Crippen molar-refractivity contribution in [2.75, 3.05) is 4.90 Å². The minimum Gasteiger partial charge on any atom is -0.352 e. The molecule has 3 aliphatic rings. The first kappa shape index (κ1) is 24.7. The highest BCUT2D eigenvalue weighted by atomic mass is 35.5. The van der Waals surface area contributed by atoms with E-state index in [2.05, 4.69) is 0 Å². The number of fused-ring (bicyclic) bond motifs is 5. The molecule has 196 valence electrons. The number of benzene rings is 4. The SMILES string of the molecule is Cc1ccc(C(=O)C2C(c3ccc(Cl)cc3)C3(C(=O)c4ccccc4C3=O)C3C=Cc4cc(F)ccc4N23)cc1. The van der Waals surface area contributed by atoms with E-state index in [4.69, 9.17) is 11.6 Å². The van der Waals surface area contributed by atoms with Gasteiger partial charge in [-0.25, -0.2) is 4.39 Å². The van der Waals surface area contributed by atoms with E-state index in [9.17, 15) is 18.8 Å². The molecule has 1 aliphatic carbocycles. The summed E-state index contributed by atoms with van der Waals surface area (Å²) in [4.78, 5) is 45.6. The lowest BCUT2D eigenvalue weighted by atomic mass is 9.64. The molecule has 1 saturated heterocycles. The van der Waals surface area contributed by atoms with Gasteiger partial charge in [-0.1, -0.05) is 90.0 Å². The number of carbonyl (C=O) groups excluding carboxylic acids is 3. The summed E-state index contributed by atoms with van der Waals surface area (Å²) >= 11 is 6.26. The van der Waals surface area contributed by atoms with Crippen LogP contribution in [0, 0.1) is 18.2 Å². The van der Waals surface area contributed by atoms with Gasteiger partial charge in [-0.15, -0.1) is 0 Å². The molecule has 0 N–H and O–H groups in total. The molecule has 7 rings (SSSR count). The fourth-order valence-electron chi connectivity index (χ4n) is 6.88. The molecule has 0 saturated carbocycles. The summed E-state index contributed by atoms with van der Waals surface area (Å²) in [6, 6.07) is 23.8. The van der Waals surface area contributed by atoms with Crippen molar-refractivity contribution >= 4 is 40.7 Å². The molecule has 3 atom stereocenters. The lowest BCUT2D eigenvalue weighted by molar-refractivity contribution is 0.0666. The van der Waals surface area contributed by atoms with Crippen LogP contribution in [0.1, 0.15) is 53.7 Å². The molecule has 4 aromatic carbocycles. The zero-order chi connectivity index (χ0) is 27.8. The predicted octanol–water partition coefficient (Wildman–Crippen LogP) is 7.10. The maximum Gasteiger partial charge on any atom is 0.185 e. The second kappa shape index (κ2) is 8.83. The molecular weight excluding hydrogens is 525 g/mol. The number of hydrogen-bond donors (Lipinski definition) is 0. The summed E-state index contributed by atoms with van der Waals surface area (Å²) in [7, 11) is 0. The summed E-state index contributed by atoms with van der Waals surface area (Å²) in [5.41, 5.74) is 2.43. The summed E-state index contributed by atoms with van der Waals surface area (Å²) < 4.78 is 14.3. The summed E-state index contributed by atoms with van der Waals surface area (Å²) in [6.45, 7) is 1.94. The second-order valence-corrected chi connectivity index (χ2v) is 11.1. The summed E-state index contributed by atoms with van der Waals surface area (Å²) in [5, 5.41) is 0.503. The van der Waals surface area contributed by atoms with Crippen LogP contribution in [-0.4, -0.2) is 29.4 Å². The van der Waals surface area contributed by atoms with Crippen LogP contribution in [0.3, 0.4) is 0 Å². The number of aryl methyl sites for hydroxylation is 1. The van der Waals surface area contributed by atoms with E-state index < -0.39 is 29.2 Å². The highest BCUT2D eigenvalue weighted by Crippen LogP contribution is 2.61. The largest absolute Gasteiger partial charge is 0.352 e. The van der Waals surface area contributed by atoms with Crippen LogP contribution in [0.2, 0.25) is 5.02 Å². The van der Waals surface area contributed by atoms with Crippen molar-refractivity contribution in [3.63, 3.8) is 0 Å². The number of ketones is 3. The molecule has 0 radical (unpaired) electrons. The Kier molecular flexibility index (Phi) is 5.45. The monoisotopic (exact) mass is 547 g/mol. The van der Waals surface area contributed by atoms with Crippen molar-refractivity contribution < 1.29 is 18.8 Å². The van der Waals surface area contributed by atoms with Crippen molar-refractivity contribution in [2.24, 2.45) is 5.41 Å². The Balaban J connectivity index is 1.54. The van der Waals surface area contributed by atoms with Gasteiger partial charge >= 0.3 is 0 Å². The Labute approximate surface area is 235 Å². The van der Waals surface area contributed by atoms with Gasteiger partial charge in [0.15, 0.2) is 17.3 Å². The minimum atomic E-state index is -1.61. The molecule has 0 amide bonds. The van der Waals surface area contributed by atoms with Crippen LogP contribution in [-0.2, 0) is 0 Å². The zero-order valence-electron chi connectivity index (χ0n) is 21.5. The smallest absolute Gasteiger partial charge is 0.185 e. The molecule has 2 heterocycles. The molecule has 0 aromatic heterocycles. The molecule has 40 heavy (non-hydrogen) atoms. The maximum atomic E-state index is 14.6. The highest BCUT2D eigenvalue weighted by molar-refractivity contribution is 6.32. The number of rotatable bonds is 3. The van der Waals surface area contributed by atoms with Gasteiger partial charge in [0.05, 0.1) is 6.04 Å². The number of anilines is 1. The second-order valence-electron chi connectivity index (χ2n) is 10.7. The number of halogens is 2. The Hall–Kier alpha value is -4.35. The molecule has 2 aliphatic heterocycles. The van der Waals surface area contributed by atoms with Crippen LogP contribution in [0.5, 0.6) is 0 Å². The van der Waals surface area contributed by atoms with Crippen molar-refractivity contribution in [1.82, 2.24) is 0 Å². The molecule has 1 spiro atoms. The quantitative estimate of drug-likeness (QED) is 0.203. The molecule has 3 unspecified atom stereocenters. The van der Waals surface area contributed by atoms with Gasteiger partial charge in [0.2, 0.25) is 0 Å². The van der Waals surface area contributed by atoms with E-state index in [0.29, 0.717) is 38.5 Å². The third-order valence-corrected chi connectivity index (χ3v) is 8.85. The number of nitrogens with zero attached hydrogens (tertiary/aromatic N) is 1. The van der Waals surface area contributed by atoms with Crippen molar-refractivity contribution in [2.45, 2.75) is 24.9 Å². The van der Waals surface area contributed by atoms with Gasteiger partial charge in [0.1, 0.15) is 17.3 Å². The first-order chi connectivity index (χ1) is 19.3. The molecular formula is C34H23ClFNO3. The van der Waals surface area contributed by atoms with E-state index in [1.807, 2.05) is 24.0 Å². The van der Waals surface area contributed by atoms with Gasteiger partial charge in [-0.05, 0) is 42.8 Å². The molecule has 1 fully saturated rings. The van der Waals surface area contributed by atoms with Crippen LogP contribution in [0.15, 0.2) is 97.1 Å². The summed E-state index contributed by atoms with van der Waals surface area (Å²) in [6.07, 6.45) is 3.54. The first-order valence-corrected chi connectivity index (χ1v) is 13.5. The normalized spacial score (nSPS) is 21.9. The van der Waals surface area contributed by atoms with Crippen molar-refractivity contribution in [3.05, 3.63) is 141 Å². The van der Waals surface area contributed by atoms with Gasteiger partial charge in [0.25, 0.3) is 0 Å². The van der Waals surface area contributed by atoms with E-state index in [-0.39, 0.29) is 17.3 Å². The minimum absolute atomic E-state index is 0.219. The van der Waals surface area contributed by atoms with E-state index in [1.165, 1.54) is 12.1 Å². The Bertz CT molecular complexity index is 1720. The van der Waals surface area contributed by atoms with Crippen LogP contribution >= 0.6 is 11.6 Å². The predicted molar refractivity (Wildman–Crippen MR) is 153 cm³/mol. The van der Waals surface area contributed by atoms with Crippen LogP contribution in [0.4, 0.5) is 10.1 Å². The topological polar surface area (TPSA) is 54.5 Å². The highest BCUT2D eigenvalue weighted by Gasteiger charge is 2.71. The fourth-order valence-corrected chi connectivity index (χ4v) is 7.01. The van der Waals surface area contributed by atoms with Crippen molar-refractivity contribution in [1.29, 1.82) is 0 Å². The van der Waals surface area contributed by atoms with Gasteiger partial charge < -0.3 is 4.90 Å².